The van der Waals surface area contributed by atoms with Crippen LogP contribution in [0.5, 0.6) is 0 Å². The number of aryl methyl sites for hydroxylation is 1. The van der Waals surface area contributed by atoms with Crippen molar-refractivity contribution < 1.29 is 0 Å². The maximum atomic E-state index is 6.02. The molecule has 0 unspecified atom stereocenters. The number of halogens is 2. The van der Waals surface area contributed by atoms with Gasteiger partial charge in [0.05, 0.1) is 10.3 Å². The second-order valence-electron chi connectivity index (χ2n) is 3.43. The first kappa shape index (κ1) is 12.1. The van der Waals surface area contributed by atoms with Gasteiger partial charge in [-0.2, -0.15) is 0 Å². The Kier molecular flexibility index (Phi) is 4.00. The van der Waals surface area contributed by atoms with Crippen LogP contribution in [0.25, 0.3) is 0 Å². The molecule has 16 heavy (non-hydrogen) atoms. The van der Waals surface area contributed by atoms with Gasteiger partial charge in [-0.3, -0.25) is 4.57 Å². The van der Waals surface area contributed by atoms with E-state index in [2.05, 4.69) is 39.1 Å². The average Bonchev–Trinajstić information content (AvgIpc) is 2.79. The molecule has 0 N–H and O–H groups in total. The predicted octanol–water partition coefficient (Wildman–Crippen LogP) is 3.76. The third kappa shape index (κ3) is 2.64. The number of aromatic nitrogens is 3. The summed E-state index contributed by atoms with van der Waals surface area (Å²) in [5.41, 5.74) is 0. The van der Waals surface area contributed by atoms with Crippen LogP contribution in [0.4, 0.5) is 0 Å². The summed E-state index contributed by atoms with van der Waals surface area (Å²) in [5, 5.41) is 8.46. The molecule has 86 valence electrons. The van der Waals surface area contributed by atoms with E-state index in [0.717, 1.165) is 29.0 Å². The normalized spacial score (nSPS) is 10.9. The highest BCUT2D eigenvalue weighted by Crippen LogP contribution is 2.24. The van der Waals surface area contributed by atoms with E-state index < -0.39 is 0 Å². The minimum Gasteiger partial charge on any atom is -0.296 e. The zero-order valence-electron chi connectivity index (χ0n) is 8.78. The van der Waals surface area contributed by atoms with Gasteiger partial charge in [0.15, 0.2) is 0 Å². The molecular formula is C10H11BrClN3S. The Morgan fingerprint density at radius 1 is 1.44 bits per heavy atom. The van der Waals surface area contributed by atoms with Gasteiger partial charge in [0.25, 0.3) is 0 Å². The first-order chi connectivity index (χ1) is 7.70. The van der Waals surface area contributed by atoms with Crippen molar-refractivity contribution in [1.29, 1.82) is 0 Å². The Bertz CT molecular complexity index is 480. The number of hydrogen-bond donors (Lipinski definition) is 0. The lowest BCUT2D eigenvalue weighted by Crippen LogP contribution is -2.04. The largest absolute Gasteiger partial charge is 0.296 e. The van der Waals surface area contributed by atoms with E-state index in [4.69, 9.17) is 11.6 Å². The Hall–Kier alpha value is -0.390. The molecule has 0 aromatic carbocycles. The second kappa shape index (κ2) is 5.29. The van der Waals surface area contributed by atoms with E-state index in [0.29, 0.717) is 5.28 Å². The Labute approximate surface area is 112 Å². The summed E-state index contributed by atoms with van der Waals surface area (Å²) in [5.74, 6) is 0.956. The molecule has 0 spiro atoms. The van der Waals surface area contributed by atoms with E-state index in [1.165, 1.54) is 4.88 Å². The van der Waals surface area contributed by atoms with Gasteiger partial charge in [0.2, 0.25) is 5.28 Å². The van der Waals surface area contributed by atoms with Crippen LogP contribution < -0.4 is 0 Å². The highest BCUT2D eigenvalue weighted by atomic mass is 79.9. The SMILES string of the molecule is CCCc1nnc(Cl)n1Cc1ccc(Br)s1. The highest BCUT2D eigenvalue weighted by Gasteiger charge is 2.10. The lowest BCUT2D eigenvalue weighted by atomic mass is 10.3. The molecule has 2 rings (SSSR count). The molecule has 6 heteroatoms. The number of rotatable bonds is 4. The number of thiophene rings is 1. The molecule has 2 aromatic rings. The Morgan fingerprint density at radius 2 is 2.25 bits per heavy atom. The van der Waals surface area contributed by atoms with Crippen molar-refractivity contribution in [3.8, 4) is 0 Å². The van der Waals surface area contributed by atoms with Gasteiger partial charge < -0.3 is 0 Å². The zero-order chi connectivity index (χ0) is 11.5. The van der Waals surface area contributed by atoms with Crippen LogP contribution in [0.15, 0.2) is 15.9 Å². The molecule has 2 aromatic heterocycles. The predicted molar refractivity (Wildman–Crippen MR) is 70.1 cm³/mol. The highest BCUT2D eigenvalue weighted by molar-refractivity contribution is 9.11. The van der Waals surface area contributed by atoms with Crippen LogP contribution in [-0.4, -0.2) is 14.8 Å². The molecule has 0 aliphatic rings. The fraction of sp³-hybridized carbons (Fsp3) is 0.400. The molecule has 0 radical (unpaired) electrons. The third-order valence-corrected chi connectivity index (χ3v) is 4.09. The lowest BCUT2D eigenvalue weighted by Gasteiger charge is -2.04. The Morgan fingerprint density at radius 3 is 2.88 bits per heavy atom. The fourth-order valence-corrected chi connectivity index (χ4v) is 3.14. The molecule has 0 fully saturated rings. The van der Waals surface area contributed by atoms with Crippen LogP contribution in [0, 0.1) is 0 Å². The molecule has 0 bridgehead atoms. The summed E-state index contributed by atoms with van der Waals surface area (Å²) in [6.07, 6.45) is 1.95. The molecule has 0 aliphatic carbocycles. The van der Waals surface area contributed by atoms with Crippen molar-refractivity contribution in [2.75, 3.05) is 0 Å². The summed E-state index contributed by atoms with van der Waals surface area (Å²) in [4.78, 5) is 1.24. The molecule has 0 aliphatic heterocycles. The Balaban J connectivity index is 2.22. The fourth-order valence-electron chi connectivity index (χ4n) is 1.47. The number of hydrogen-bond acceptors (Lipinski definition) is 3. The van der Waals surface area contributed by atoms with Crippen LogP contribution in [0.1, 0.15) is 24.0 Å². The average molecular weight is 321 g/mol. The van der Waals surface area contributed by atoms with Gasteiger partial charge in [0.1, 0.15) is 5.82 Å². The topological polar surface area (TPSA) is 30.7 Å². The van der Waals surface area contributed by atoms with Gasteiger partial charge in [-0.25, -0.2) is 0 Å². The van der Waals surface area contributed by atoms with Crippen molar-refractivity contribution in [3.05, 3.63) is 31.9 Å². The van der Waals surface area contributed by atoms with E-state index in [1.807, 2.05) is 10.6 Å². The van der Waals surface area contributed by atoms with Gasteiger partial charge in [-0.1, -0.05) is 6.92 Å². The van der Waals surface area contributed by atoms with Crippen LogP contribution in [0.2, 0.25) is 5.28 Å². The molecule has 0 atom stereocenters. The second-order valence-corrected chi connectivity index (χ2v) is 6.31. The first-order valence-electron chi connectivity index (χ1n) is 5.02. The summed E-state index contributed by atoms with van der Waals surface area (Å²) in [7, 11) is 0. The smallest absolute Gasteiger partial charge is 0.225 e. The van der Waals surface area contributed by atoms with Gasteiger partial charge in [0, 0.05) is 11.3 Å². The van der Waals surface area contributed by atoms with Crippen molar-refractivity contribution in [1.82, 2.24) is 14.8 Å². The van der Waals surface area contributed by atoms with Gasteiger partial charge in [-0.05, 0) is 46.1 Å². The standard InChI is InChI=1S/C10H11BrClN3S/c1-2-3-9-13-14-10(12)15(9)6-7-4-5-8(11)16-7/h4-5H,2-3,6H2,1H3. The molecule has 0 amide bonds. The summed E-state index contributed by atoms with van der Waals surface area (Å²) < 4.78 is 3.09. The maximum absolute atomic E-state index is 6.02. The molecule has 2 heterocycles. The molecule has 3 nitrogen and oxygen atoms in total. The zero-order valence-corrected chi connectivity index (χ0v) is 11.9. The lowest BCUT2D eigenvalue weighted by molar-refractivity contribution is 0.711. The summed E-state index contributed by atoms with van der Waals surface area (Å²) in [6.45, 7) is 2.87. The van der Waals surface area contributed by atoms with E-state index >= 15 is 0 Å². The quantitative estimate of drug-likeness (QED) is 0.859. The van der Waals surface area contributed by atoms with Gasteiger partial charge in [-0.15, -0.1) is 21.5 Å². The van der Waals surface area contributed by atoms with E-state index in [-0.39, 0.29) is 0 Å². The molecular weight excluding hydrogens is 310 g/mol. The van der Waals surface area contributed by atoms with Crippen LogP contribution in [0.3, 0.4) is 0 Å². The van der Waals surface area contributed by atoms with Crippen LogP contribution >= 0.6 is 38.9 Å². The van der Waals surface area contributed by atoms with Crippen LogP contribution in [-0.2, 0) is 13.0 Å². The summed E-state index contributed by atoms with van der Waals surface area (Å²) >= 11 is 11.2. The third-order valence-electron chi connectivity index (χ3n) is 2.20. The monoisotopic (exact) mass is 319 g/mol. The summed E-state index contributed by atoms with van der Waals surface area (Å²) in [6, 6.07) is 4.12. The minimum absolute atomic E-state index is 0.466. The van der Waals surface area contributed by atoms with E-state index in [9.17, 15) is 0 Å². The van der Waals surface area contributed by atoms with Crippen molar-refractivity contribution >= 4 is 38.9 Å². The number of nitrogens with zero attached hydrogens (tertiary/aromatic N) is 3. The maximum Gasteiger partial charge on any atom is 0.225 e. The van der Waals surface area contributed by atoms with Crippen molar-refractivity contribution in [2.24, 2.45) is 0 Å². The van der Waals surface area contributed by atoms with Gasteiger partial charge >= 0.3 is 0 Å². The minimum atomic E-state index is 0.466. The first-order valence-corrected chi connectivity index (χ1v) is 7.01. The molecule has 0 saturated heterocycles. The van der Waals surface area contributed by atoms with Crippen molar-refractivity contribution in [3.63, 3.8) is 0 Å². The van der Waals surface area contributed by atoms with E-state index in [1.54, 1.807) is 11.3 Å². The molecule has 0 saturated carbocycles. The van der Waals surface area contributed by atoms with Crippen molar-refractivity contribution in [2.45, 2.75) is 26.3 Å².